The number of hydrogen-bond donors (Lipinski definition) is 0. The van der Waals surface area contributed by atoms with E-state index in [2.05, 4.69) is 26.0 Å². The third-order valence-electron chi connectivity index (χ3n) is 2.60. The topological polar surface area (TPSA) is 52.7 Å². The van der Waals surface area contributed by atoms with Crippen LogP contribution in [0.3, 0.4) is 0 Å². The molecule has 0 saturated carbocycles. The molecule has 3 rings (SSSR count). The standard InChI is InChI=1S/C13H8BrN3O/c14-10-7-5-9(6-8-10)13-15-11-3-1-2-4-12(11)17(18)16-13/h1-8H. The van der Waals surface area contributed by atoms with Gasteiger partial charge in [-0.2, -0.15) is 0 Å². The molecule has 0 atom stereocenters. The molecule has 0 spiro atoms. The summed E-state index contributed by atoms with van der Waals surface area (Å²) in [4.78, 5) is 5.00. The molecule has 5 heteroatoms. The van der Waals surface area contributed by atoms with Gasteiger partial charge in [-0.1, -0.05) is 28.1 Å². The molecule has 0 aliphatic heterocycles. The Labute approximate surface area is 112 Å². The Kier molecular flexibility index (Phi) is 2.68. The molecule has 0 aliphatic carbocycles. The summed E-state index contributed by atoms with van der Waals surface area (Å²) in [6.07, 6.45) is 0. The second-order valence-electron chi connectivity index (χ2n) is 3.80. The summed E-state index contributed by atoms with van der Waals surface area (Å²) < 4.78 is 0.974. The van der Waals surface area contributed by atoms with E-state index in [0.717, 1.165) is 10.0 Å². The Morgan fingerprint density at radius 2 is 1.72 bits per heavy atom. The van der Waals surface area contributed by atoms with Crippen LogP contribution in [-0.2, 0) is 0 Å². The molecule has 0 unspecified atom stereocenters. The predicted octanol–water partition coefficient (Wildman–Crippen LogP) is 2.69. The van der Waals surface area contributed by atoms with Crippen molar-refractivity contribution in [2.45, 2.75) is 0 Å². The molecule has 0 N–H and O–H groups in total. The fourth-order valence-corrected chi connectivity index (χ4v) is 1.98. The Balaban J connectivity index is 2.21. The monoisotopic (exact) mass is 301 g/mol. The lowest BCUT2D eigenvalue weighted by molar-refractivity contribution is -0.642. The average Bonchev–Trinajstić information content (AvgIpc) is 2.39. The van der Waals surface area contributed by atoms with Crippen molar-refractivity contribution in [2.75, 3.05) is 0 Å². The van der Waals surface area contributed by atoms with Crippen LogP contribution in [0.15, 0.2) is 53.0 Å². The highest BCUT2D eigenvalue weighted by Crippen LogP contribution is 2.18. The molecule has 0 amide bonds. The van der Waals surface area contributed by atoms with Gasteiger partial charge in [0.15, 0.2) is 0 Å². The highest BCUT2D eigenvalue weighted by molar-refractivity contribution is 9.10. The normalized spacial score (nSPS) is 10.7. The molecular weight excluding hydrogens is 294 g/mol. The highest BCUT2D eigenvalue weighted by Gasteiger charge is 2.11. The lowest BCUT2D eigenvalue weighted by Crippen LogP contribution is -2.33. The van der Waals surface area contributed by atoms with E-state index in [-0.39, 0.29) is 0 Å². The molecule has 2 aromatic carbocycles. The molecule has 4 nitrogen and oxygen atoms in total. The number of fused-ring (bicyclic) bond motifs is 1. The zero-order chi connectivity index (χ0) is 12.5. The van der Waals surface area contributed by atoms with Crippen molar-refractivity contribution >= 4 is 27.0 Å². The minimum Gasteiger partial charge on any atom is -0.594 e. The van der Waals surface area contributed by atoms with Crippen molar-refractivity contribution in [3.8, 4) is 11.4 Å². The average molecular weight is 302 g/mol. The second-order valence-corrected chi connectivity index (χ2v) is 4.72. The van der Waals surface area contributed by atoms with Crippen molar-refractivity contribution < 1.29 is 4.85 Å². The van der Waals surface area contributed by atoms with E-state index in [1.165, 1.54) is 0 Å². The van der Waals surface area contributed by atoms with Crippen LogP contribution in [0.2, 0.25) is 0 Å². The Bertz CT molecular complexity index is 713. The summed E-state index contributed by atoms with van der Waals surface area (Å²) in [6, 6.07) is 14.7. The number of aromatic nitrogens is 3. The summed E-state index contributed by atoms with van der Waals surface area (Å²) in [5.41, 5.74) is 1.92. The minimum atomic E-state index is 0.427. The lowest BCUT2D eigenvalue weighted by Gasteiger charge is -2.02. The number of rotatable bonds is 1. The van der Waals surface area contributed by atoms with Gasteiger partial charge in [0.2, 0.25) is 5.82 Å². The zero-order valence-electron chi connectivity index (χ0n) is 9.25. The van der Waals surface area contributed by atoms with Gasteiger partial charge in [-0.25, -0.2) is 4.98 Å². The van der Waals surface area contributed by atoms with Crippen molar-refractivity contribution in [1.29, 1.82) is 0 Å². The van der Waals surface area contributed by atoms with E-state index in [1.807, 2.05) is 30.3 Å². The van der Waals surface area contributed by atoms with Crippen LogP contribution in [0.1, 0.15) is 0 Å². The molecule has 1 aromatic heterocycles. The molecule has 18 heavy (non-hydrogen) atoms. The van der Waals surface area contributed by atoms with E-state index in [1.54, 1.807) is 18.2 Å². The maximum Gasteiger partial charge on any atom is 0.270 e. The molecule has 0 aliphatic rings. The summed E-state index contributed by atoms with van der Waals surface area (Å²) in [5, 5.41) is 15.7. The van der Waals surface area contributed by atoms with Crippen LogP contribution in [0, 0.1) is 5.21 Å². The Morgan fingerprint density at radius 1 is 1.00 bits per heavy atom. The van der Waals surface area contributed by atoms with Crippen molar-refractivity contribution in [3.63, 3.8) is 0 Å². The SMILES string of the molecule is [O-][n+]1nc(-c2ccc(Br)cc2)nc2ccccc21. The van der Waals surface area contributed by atoms with Gasteiger partial charge in [0, 0.05) is 21.2 Å². The third-order valence-corrected chi connectivity index (χ3v) is 3.13. The predicted molar refractivity (Wildman–Crippen MR) is 71.6 cm³/mol. The first-order chi connectivity index (χ1) is 8.74. The van der Waals surface area contributed by atoms with E-state index >= 15 is 0 Å². The van der Waals surface area contributed by atoms with Crippen LogP contribution < -0.4 is 4.85 Å². The quantitative estimate of drug-likeness (QED) is 0.513. The number of halogens is 1. The molecule has 0 fully saturated rings. The lowest BCUT2D eigenvalue weighted by atomic mass is 10.2. The van der Waals surface area contributed by atoms with Gasteiger partial charge in [0.1, 0.15) is 5.52 Å². The van der Waals surface area contributed by atoms with Crippen molar-refractivity contribution in [3.05, 3.63) is 58.2 Å². The van der Waals surface area contributed by atoms with Crippen molar-refractivity contribution in [2.24, 2.45) is 0 Å². The number of nitrogens with zero attached hydrogens (tertiary/aromatic N) is 3. The smallest absolute Gasteiger partial charge is 0.270 e. The van der Waals surface area contributed by atoms with E-state index in [4.69, 9.17) is 0 Å². The highest BCUT2D eigenvalue weighted by atomic mass is 79.9. The molecule has 0 saturated heterocycles. The molecule has 0 radical (unpaired) electrons. The number of hydrogen-bond acceptors (Lipinski definition) is 3. The number of benzene rings is 2. The second kappa shape index (κ2) is 4.34. The third kappa shape index (κ3) is 1.93. The largest absolute Gasteiger partial charge is 0.594 e. The van der Waals surface area contributed by atoms with Crippen LogP contribution in [0.5, 0.6) is 0 Å². The molecule has 88 valence electrons. The summed E-state index contributed by atoms with van der Waals surface area (Å²) in [6.45, 7) is 0. The summed E-state index contributed by atoms with van der Waals surface area (Å²) in [7, 11) is 0. The minimum absolute atomic E-state index is 0.427. The molecule has 3 aromatic rings. The summed E-state index contributed by atoms with van der Waals surface area (Å²) in [5.74, 6) is 0.427. The van der Waals surface area contributed by atoms with Crippen LogP contribution in [-0.4, -0.2) is 10.1 Å². The maximum atomic E-state index is 11.8. The fraction of sp³-hybridized carbons (Fsp3) is 0. The molecule has 1 heterocycles. The maximum absolute atomic E-state index is 11.8. The Morgan fingerprint density at radius 3 is 2.50 bits per heavy atom. The van der Waals surface area contributed by atoms with Crippen LogP contribution in [0.4, 0.5) is 0 Å². The van der Waals surface area contributed by atoms with Gasteiger partial charge in [-0.15, -0.1) is 0 Å². The first-order valence-electron chi connectivity index (χ1n) is 5.36. The van der Waals surface area contributed by atoms with Gasteiger partial charge in [0.25, 0.3) is 5.52 Å². The van der Waals surface area contributed by atoms with E-state index < -0.39 is 0 Å². The van der Waals surface area contributed by atoms with Gasteiger partial charge in [0.05, 0.1) is 0 Å². The van der Waals surface area contributed by atoms with E-state index in [9.17, 15) is 5.21 Å². The van der Waals surface area contributed by atoms with Gasteiger partial charge in [-0.05, 0) is 35.2 Å². The van der Waals surface area contributed by atoms with E-state index in [0.29, 0.717) is 21.7 Å². The van der Waals surface area contributed by atoms with Gasteiger partial charge in [-0.3, -0.25) is 0 Å². The van der Waals surface area contributed by atoms with Crippen LogP contribution >= 0.6 is 15.9 Å². The molecule has 0 bridgehead atoms. The number of para-hydroxylation sites is 2. The first kappa shape index (κ1) is 11.1. The first-order valence-corrected chi connectivity index (χ1v) is 6.16. The zero-order valence-corrected chi connectivity index (χ0v) is 10.8. The van der Waals surface area contributed by atoms with Gasteiger partial charge < -0.3 is 5.21 Å². The molecular formula is C13H8BrN3O. The van der Waals surface area contributed by atoms with Crippen molar-refractivity contribution in [1.82, 2.24) is 10.1 Å². The summed E-state index contributed by atoms with van der Waals surface area (Å²) >= 11 is 3.36. The Hall–Kier alpha value is -2.01. The van der Waals surface area contributed by atoms with Crippen LogP contribution in [0.25, 0.3) is 22.4 Å². The fourth-order valence-electron chi connectivity index (χ4n) is 1.72. The van der Waals surface area contributed by atoms with Gasteiger partial charge >= 0.3 is 0 Å².